The third kappa shape index (κ3) is 22.0. The summed E-state index contributed by atoms with van der Waals surface area (Å²) in [5, 5.41) is 12.0. The second kappa shape index (κ2) is 25.8. The van der Waals surface area contributed by atoms with Crippen LogP contribution in [0, 0.1) is 17.4 Å². The molecule has 188 valence electrons. The zero-order chi connectivity index (χ0) is 26.4. The van der Waals surface area contributed by atoms with Crippen LogP contribution in [0.4, 0.5) is 0 Å². The molecule has 0 atom stereocenters. The molecule has 0 N–H and O–H groups in total. The molecule has 0 heterocycles. The fraction of sp³-hybridized carbons (Fsp3) is 0.692. The van der Waals surface area contributed by atoms with Crippen LogP contribution in [0.25, 0.3) is 6.08 Å². The van der Waals surface area contributed by atoms with Gasteiger partial charge in [0.05, 0.1) is 34.0 Å². The van der Waals surface area contributed by atoms with E-state index in [1.165, 1.54) is 0 Å². The monoisotopic (exact) mass is 590 g/mol. The van der Waals surface area contributed by atoms with Crippen molar-refractivity contribution in [3.05, 3.63) is 42.5 Å². The van der Waals surface area contributed by atoms with Crippen LogP contribution >= 0.6 is 25.5 Å². The van der Waals surface area contributed by atoms with E-state index in [0.717, 1.165) is 39.5 Å². The molecule has 0 spiro atoms. The summed E-state index contributed by atoms with van der Waals surface area (Å²) in [5.41, 5.74) is 6.67. The molecule has 2 nitrogen and oxygen atoms in total. The summed E-state index contributed by atoms with van der Waals surface area (Å²) in [7, 11) is 4.38. The summed E-state index contributed by atoms with van der Waals surface area (Å²) < 4.78 is 0. The number of rotatable bonds is 7. The average Bonchev–Trinajstić information content (AvgIpc) is 2.70. The minimum absolute atomic E-state index is 0.0957. The summed E-state index contributed by atoms with van der Waals surface area (Å²) in [4.78, 5) is 0. The van der Waals surface area contributed by atoms with Crippen LogP contribution in [0.5, 0.6) is 0 Å². The van der Waals surface area contributed by atoms with E-state index >= 15 is 0 Å². The summed E-state index contributed by atoms with van der Waals surface area (Å²) in [5.74, 6) is 0. The van der Waals surface area contributed by atoms with Crippen LogP contribution < -0.4 is 0 Å². The van der Waals surface area contributed by atoms with Crippen LogP contribution in [-0.2, 0) is 17.3 Å². The molecule has 0 aliphatic carbocycles. The van der Waals surface area contributed by atoms with Crippen LogP contribution in [0.15, 0.2) is 30.3 Å². The predicted octanol–water partition coefficient (Wildman–Crippen LogP) is 9.70. The van der Waals surface area contributed by atoms with Gasteiger partial charge in [-0.15, -0.1) is 12.1 Å². The SMILES string of the molecule is CC(C)[PH+](C(C)C)C(C)C.CC(C)[PH+](C(C)C)C(C)C.N#N.[CH-]=Cc1ccccc1.[Cl][Ru+]. The molecule has 0 saturated heterocycles. The van der Waals surface area contributed by atoms with Gasteiger partial charge < -0.3 is 0 Å². The van der Waals surface area contributed by atoms with Crippen molar-refractivity contribution in [2.45, 2.75) is 117 Å². The topological polar surface area (TPSA) is 47.6 Å². The van der Waals surface area contributed by atoms with Crippen molar-refractivity contribution in [1.29, 1.82) is 10.8 Å². The van der Waals surface area contributed by atoms with Gasteiger partial charge in [0.2, 0.25) is 0 Å². The van der Waals surface area contributed by atoms with E-state index in [2.05, 4.69) is 92.8 Å². The Morgan fingerprint density at radius 1 is 0.625 bits per heavy atom. The van der Waals surface area contributed by atoms with E-state index in [0.29, 0.717) is 0 Å². The molecule has 0 aliphatic heterocycles. The molecule has 0 bridgehead atoms. The molecule has 0 aromatic heterocycles. The first-order chi connectivity index (χ1) is 14.9. The van der Waals surface area contributed by atoms with Gasteiger partial charge in [-0.05, 0) is 83.1 Å². The van der Waals surface area contributed by atoms with Crippen molar-refractivity contribution in [2.24, 2.45) is 0 Å². The van der Waals surface area contributed by atoms with Gasteiger partial charge in [0, 0.05) is 26.6 Å². The normalized spacial score (nSPS) is 10.2. The van der Waals surface area contributed by atoms with Gasteiger partial charge in [0.15, 0.2) is 0 Å². The van der Waals surface area contributed by atoms with Gasteiger partial charge >= 0.3 is 27.0 Å². The van der Waals surface area contributed by atoms with E-state index in [-0.39, 0.29) is 15.8 Å². The molecule has 6 heteroatoms. The van der Waals surface area contributed by atoms with Crippen LogP contribution in [-0.4, -0.2) is 34.0 Å². The van der Waals surface area contributed by atoms with Crippen LogP contribution in [0.2, 0.25) is 0 Å². The van der Waals surface area contributed by atoms with Crippen LogP contribution in [0.3, 0.4) is 0 Å². The maximum absolute atomic E-state index is 6.00. The Labute approximate surface area is 218 Å². The Kier molecular flexibility index (Phi) is 31.7. The molecule has 0 amide bonds. The molecule has 32 heavy (non-hydrogen) atoms. The van der Waals surface area contributed by atoms with Crippen LogP contribution in [0.1, 0.15) is 88.6 Å². The fourth-order valence-electron chi connectivity index (χ4n) is 4.56. The number of benzene rings is 1. The Balaban J connectivity index is -0.000000171. The second-order valence-corrected chi connectivity index (χ2v) is 18.4. The molecular formula is C26H51ClN2P2Ru+2. The number of hydrogen-bond donors (Lipinski definition) is 0. The molecule has 0 unspecified atom stereocenters. The molecule has 0 fully saturated rings. The van der Waals surface area contributed by atoms with Gasteiger partial charge in [-0.2, -0.15) is 5.56 Å². The van der Waals surface area contributed by atoms with Crippen molar-refractivity contribution < 1.29 is 17.3 Å². The number of hydrogen-bond acceptors (Lipinski definition) is 2. The first kappa shape index (κ1) is 39.4. The zero-order valence-electron chi connectivity index (χ0n) is 22.6. The summed E-state index contributed by atoms with van der Waals surface area (Å²) in [6.45, 7) is 33.7. The van der Waals surface area contributed by atoms with Gasteiger partial charge in [0.25, 0.3) is 0 Å². The standard InChI is InChI=1S/2C9H21P.C8H7.ClH.N2.Ru/c2*1-7(2)10(8(3)4)9(5)6;1-2-8-6-4-3-5-7-8;;1-2;/h2*7-9H,1-6H3;1-7H;1H;;/q;;-1;;;+2/p+1. The Morgan fingerprint density at radius 2 is 0.844 bits per heavy atom. The van der Waals surface area contributed by atoms with E-state index < -0.39 is 0 Å². The number of nitrogens with zero attached hydrogens (tertiary/aromatic N) is 2. The summed E-state index contributed by atoms with van der Waals surface area (Å²) in [6, 6.07) is 9.80. The Morgan fingerprint density at radius 3 is 0.938 bits per heavy atom. The Hall–Kier alpha value is 0.153. The molecule has 0 saturated carbocycles. The number of halogens is 1. The maximum atomic E-state index is 6.00. The third-order valence-corrected chi connectivity index (χ3v) is 13.0. The quantitative estimate of drug-likeness (QED) is 0.137. The van der Waals surface area contributed by atoms with Crippen molar-refractivity contribution >= 4 is 31.6 Å². The third-order valence-electron chi connectivity index (χ3n) is 4.99. The summed E-state index contributed by atoms with van der Waals surface area (Å²) >= 11 is 1.82. The zero-order valence-corrected chi connectivity index (χ0v) is 27.1. The minimum atomic E-state index is -0.0957. The van der Waals surface area contributed by atoms with E-state index in [4.69, 9.17) is 17.4 Å². The van der Waals surface area contributed by atoms with Crippen molar-refractivity contribution in [1.82, 2.24) is 0 Å². The van der Waals surface area contributed by atoms with E-state index in [9.17, 15) is 0 Å². The van der Waals surface area contributed by atoms with Gasteiger partial charge in [0.1, 0.15) is 0 Å². The van der Waals surface area contributed by atoms with Crippen molar-refractivity contribution in [3.63, 3.8) is 0 Å². The molecule has 1 aromatic rings. The van der Waals surface area contributed by atoms with E-state index in [1.807, 2.05) is 47.6 Å². The fourth-order valence-corrected chi connectivity index (χ4v) is 12.6. The molecule has 1 aromatic carbocycles. The molecule has 0 radical (unpaired) electrons. The van der Waals surface area contributed by atoms with Gasteiger partial charge in [-0.1, -0.05) is 18.2 Å². The Bertz CT molecular complexity index is 471. The van der Waals surface area contributed by atoms with Gasteiger partial charge in [-0.3, -0.25) is 6.58 Å². The van der Waals surface area contributed by atoms with Gasteiger partial charge in [-0.25, -0.2) is 6.08 Å². The van der Waals surface area contributed by atoms with Crippen molar-refractivity contribution in [3.8, 4) is 0 Å². The summed E-state index contributed by atoms with van der Waals surface area (Å²) in [6.07, 6.45) is 1.58. The first-order valence-electron chi connectivity index (χ1n) is 11.5. The first-order valence-corrected chi connectivity index (χ1v) is 17.2. The molecular weight excluding hydrogens is 539 g/mol. The van der Waals surface area contributed by atoms with Crippen molar-refractivity contribution in [2.75, 3.05) is 0 Å². The predicted molar refractivity (Wildman–Crippen MR) is 152 cm³/mol. The van der Waals surface area contributed by atoms with E-state index in [1.54, 1.807) is 6.08 Å². The second-order valence-electron chi connectivity index (χ2n) is 9.51. The molecule has 0 aliphatic rings. The molecule has 1 rings (SSSR count). The average molecular weight is 590 g/mol.